The van der Waals surface area contributed by atoms with Gasteiger partial charge >= 0.3 is 0 Å². The van der Waals surface area contributed by atoms with Crippen LogP contribution in [0.2, 0.25) is 0 Å². The largest absolute Gasteiger partial charge is 0.0654 e. The van der Waals surface area contributed by atoms with Gasteiger partial charge in [-0.1, -0.05) is 31.0 Å². The summed E-state index contributed by atoms with van der Waals surface area (Å²) in [7, 11) is 0. The van der Waals surface area contributed by atoms with E-state index in [2.05, 4.69) is 54.6 Å². The first-order chi connectivity index (χ1) is 5.74. The Morgan fingerprint density at radius 3 is 2.67 bits per heavy atom. The molecule has 0 fully saturated rings. The summed E-state index contributed by atoms with van der Waals surface area (Å²) in [5.41, 5.74) is 2.86. The van der Waals surface area contributed by atoms with Crippen LogP contribution in [0.1, 0.15) is 30.9 Å². The Hall–Kier alpha value is -0.0500. The molecule has 0 heterocycles. The van der Waals surface area contributed by atoms with E-state index in [9.17, 15) is 0 Å². The highest BCUT2D eigenvalue weighted by Gasteiger charge is 1.98. The van der Waals surface area contributed by atoms with Crippen LogP contribution in [0.15, 0.2) is 18.2 Å². The Morgan fingerprint density at radius 1 is 1.33 bits per heavy atom. The van der Waals surface area contributed by atoms with Crippen LogP contribution in [0.3, 0.4) is 0 Å². The average Bonchev–Trinajstić information content (AvgIpc) is 2.03. The van der Waals surface area contributed by atoms with Gasteiger partial charge in [0.15, 0.2) is 0 Å². The van der Waals surface area contributed by atoms with Crippen LogP contribution in [0.4, 0.5) is 0 Å². The monoisotopic (exact) mass is 274 g/mol. The number of benzene rings is 1. The molecule has 0 aromatic heterocycles. The molecule has 12 heavy (non-hydrogen) atoms. The Labute approximate surface area is 88.5 Å². The standard InChI is InChI=1S/C11H15I/c1-3-4-5-10-7-6-9(2)8-11(10)12/h6-8H,3-5H2,1-2H3. The zero-order valence-corrected chi connectivity index (χ0v) is 9.89. The summed E-state index contributed by atoms with van der Waals surface area (Å²) < 4.78 is 1.42. The maximum atomic E-state index is 2.43. The number of halogens is 1. The van der Waals surface area contributed by atoms with E-state index in [1.54, 1.807) is 0 Å². The minimum absolute atomic E-state index is 1.23. The molecule has 0 amide bonds. The quantitative estimate of drug-likeness (QED) is 0.732. The molecule has 0 bridgehead atoms. The molecule has 1 aromatic carbocycles. The molecule has 0 aliphatic heterocycles. The van der Waals surface area contributed by atoms with E-state index in [4.69, 9.17) is 0 Å². The van der Waals surface area contributed by atoms with Gasteiger partial charge in [0.2, 0.25) is 0 Å². The molecule has 1 aromatic rings. The molecule has 0 radical (unpaired) electrons. The van der Waals surface area contributed by atoms with Crippen molar-refractivity contribution in [3.05, 3.63) is 32.9 Å². The fourth-order valence-corrected chi connectivity index (χ4v) is 2.16. The van der Waals surface area contributed by atoms with E-state index in [1.165, 1.54) is 34.0 Å². The molecule has 66 valence electrons. The Morgan fingerprint density at radius 2 is 2.08 bits per heavy atom. The Kier molecular flexibility index (Phi) is 4.06. The van der Waals surface area contributed by atoms with E-state index in [0.717, 1.165) is 0 Å². The minimum Gasteiger partial charge on any atom is -0.0654 e. The van der Waals surface area contributed by atoms with Crippen molar-refractivity contribution in [2.75, 3.05) is 0 Å². The molecule has 0 aliphatic carbocycles. The lowest BCUT2D eigenvalue weighted by atomic mass is 10.1. The first-order valence-electron chi connectivity index (χ1n) is 4.49. The summed E-state index contributed by atoms with van der Waals surface area (Å²) in [5, 5.41) is 0. The van der Waals surface area contributed by atoms with E-state index in [0.29, 0.717) is 0 Å². The van der Waals surface area contributed by atoms with Crippen LogP contribution in [-0.4, -0.2) is 0 Å². The summed E-state index contributed by atoms with van der Waals surface area (Å²) >= 11 is 2.43. The lowest BCUT2D eigenvalue weighted by Gasteiger charge is -2.03. The summed E-state index contributed by atoms with van der Waals surface area (Å²) in [5.74, 6) is 0. The predicted molar refractivity (Wildman–Crippen MR) is 62.5 cm³/mol. The summed E-state index contributed by atoms with van der Waals surface area (Å²) in [6, 6.07) is 6.71. The van der Waals surface area contributed by atoms with Gasteiger partial charge < -0.3 is 0 Å². The van der Waals surface area contributed by atoms with E-state index < -0.39 is 0 Å². The van der Waals surface area contributed by atoms with Crippen LogP contribution < -0.4 is 0 Å². The number of unbranched alkanes of at least 4 members (excludes halogenated alkanes) is 1. The molecule has 0 saturated carbocycles. The maximum Gasteiger partial charge on any atom is 0.0164 e. The molecule has 0 atom stereocenters. The summed E-state index contributed by atoms with van der Waals surface area (Å²) in [6.07, 6.45) is 3.82. The van der Waals surface area contributed by atoms with E-state index in [-0.39, 0.29) is 0 Å². The second-order valence-corrected chi connectivity index (χ2v) is 4.36. The summed E-state index contributed by atoms with van der Waals surface area (Å²) in [6.45, 7) is 4.38. The van der Waals surface area contributed by atoms with Crippen molar-refractivity contribution < 1.29 is 0 Å². The van der Waals surface area contributed by atoms with Crippen LogP contribution in [0, 0.1) is 10.5 Å². The molecule has 1 rings (SSSR count). The van der Waals surface area contributed by atoms with Crippen molar-refractivity contribution in [2.45, 2.75) is 33.1 Å². The van der Waals surface area contributed by atoms with Crippen molar-refractivity contribution in [1.82, 2.24) is 0 Å². The third-order valence-electron chi connectivity index (χ3n) is 2.01. The van der Waals surface area contributed by atoms with Gasteiger partial charge in [-0.2, -0.15) is 0 Å². The second-order valence-electron chi connectivity index (χ2n) is 3.20. The highest BCUT2D eigenvalue weighted by atomic mass is 127. The zero-order chi connectivity index (χ0) is 8.97. The highest BCUT2D eigenvalue weighted by molar-refractivity contribution is 14.1. The van der Waals surface area contributed by atoms with Gasteiger partial charge in [-0.25, -0.2) is 0 Å². The topological polar surface area (TPSA) is 0 Å². The smallest absolute Gasteiger partial charge is 0.0164 e. The second kappa shape index (κ2) is 4.85. The molecule has 0 aliphatic rings. The molecule has 0 spiro atoms. The minimum atomic E-state index is 1.23. The normalized spacial score (nSPS) is 10.2. The van der Waals surface area contributed by atoms with E-state index in [1.807, 2.05) is 0 Å². The van der Waals surface area contributed by atoms with Crippen molar-refractivity contribution in [2.24, 2.45) is 0 Å². The van der Waals surface area contributed by atoms with Crippen molar-refractivity contribution in [3.63, 3.8) is 0 Å². The lowest BCUT2D eigenvalue weighted by Crippen LogP contribution is -1.89. The van der Waals surface area contributed by atoms with Crippen LogP contribution >= 0.6 is 22.6 Å². The van der Waals surface area contributed by atoms with Gasteiger partial charge in [-0.15, -0.1) is 0 Å². The molecular formula is C11H15I. The molecule has 0 N–H and O–H groups in total. The van der Waals surface area contributed by atoms with Crippen LogP contribution in [-0.2, 0) is 6.42 Å². The number of aryl methyl sites for hydroxylation is 2. The number of hydrogen-bond acceptors (Lipinski definition) is 0. The van der Waals surface area contributed by atoms with Gasteiger partial charge in [0, 0.05) is 3.57 Å². The fourth-order valence-electron chi connectivity index (χ4n) is 1.22. The van der Waals surface area contributed by atoms with Crippen LogP contribution in [0.5, 0.6) is 0 Å². The first kappa shape index (κ1) is 10.0. The maximum absolute atomic E-state index is 2.43. The lowest BCUT2D eigenvalue weighted by molar-refractivity contribution is 0.792. The van der Waals surface area contributed by atoms with Crippen molar-refractivity contribution in [1.29, 1.82) is 0 Å². The van der Waals surface area contributed by atoms with Gasteiger partial charge in [-0.05, 0) is 54.0 Å². The zero-order valence-electron chi connectivity index (χ0n) is 7.73. The van der Waals surface area contributed by atoms with Crippen LogP contribution in [0.25, 0.3) is 0 Å². The Bertz CT molecular complexity index is 253. The summed E-state index contributed by atoms with van der Waals surface area (Å²) in [4.78, 5) is 0. The molecule has 0 nitrogen and oxygen atoms in total. The molecule has 0 unspecified atom stereocenters. The van der Waals surface area contributed by atoms with Crippen molar-refractivity contribution >= 4 is 22.6 Å². The van der Waals surface area contributed by atoms with E-state index >= 15 is 0 Å². The fraction of sp³-hybridized carbons (Fsp3) is 0.455. The van der Waals surface area contributed by atoms with Gasteiger partial charge in [0.25, 0.3) is 0 Å². The third-order valence-corrected chi connectivity index (χ3v) is 3.01. The highest BCUT2D eigenvalue weighted by Crippen LogP contribution is 2.16. The molecule has 1 heteroatoms. The average molecular weight is 274 g/mol. The van der Waals surface area contributed by atoms with Gasteiger partial charge in [0.05, 0.1) is 0 Å². The third kappa shape index (κ3) is 2.77. The Balaban J connectivity index is 2.72. The predicted octanol–water partition coefficient (Wildman–Crippen LogP) is 3.94. The first-order valence-corrected chi connectivity index (χ1v) is 5.57. The SMILES string of the molecule is CCCCc1ccc(C)cc1I. The molecule has 0 saturated heterocycles. The van der Waals surface area contributed by atoms with Gasteiger partial charge in [0.1, 0.15) is 0 Å². The number of hydrogen-bond donors (Lipinski definition) is 0. The number of rotatable bonds is 3. The van der Waals surface area contributed by atoms with Gasteiger partial charge in [-0.3, -0.25) is 0 Å². The van der Waals surface area contributed by atoms with Crippen molar-refractivity contribution in [3.8, 4) is 0 Å². The molecular weight excluding hydrogens is 259 g/mol.